The Kier molecular flexibility index (Phi) is 4.60. The Bertz CT molecular complexity index is 1640. The van der Waals surface area contributed by atoms with Crippen molar-refractivity contribution in [3.8, 4) is 6.07 Å². The first-order chi connectivity index (χ1) is 17.3. The van der Waals surface area contributed by atoms with E-state index in [-0.39, 0.29) is 23.8 Å². The highest BCUT2D eigenvalue weighted by molar-refractivity contribution is 5.83. The molecule has 4 aromatic rings. The van der Waals surface area contributed by atoms with Crippen molar-refractivity contribution < 1.29 is 4.39 Å². The van der Waals surface area contributed by atoms with Crippen molar-refractivity contribution in [2.75, 3.05) is 4.90 Å². The molecule has 2 aliphatic carbocycles. The number of aromatic nitrogens is 1. The van der Waals surface area contributed by atoms with Crippen LogP contribution in [0.3, 0.4) is 0 Å². The number of hydrogen-bond acceptors (Lipinski definition) is 2. The number of hydrogen-bond donors (Lipinski definition) is 0. The van der Waals surface area contributed by atoms with Crippen LogP contribution in [-0.4, -0.2) is 10.6 Å². The van der Waals surface area contributed by atoms with Crippen molar-refractivity contribution >= 4 is 34.4 Å². The predicted octanol–water partition coefficient (Wildman–Crippen LogP) is 6.04. The molecule has 3 aliphatic rings. The molecule has 4 heteroatoms. The zero-order chi connectivity index (χ0) is 23.5. The summed E-state index contributed by atoms with van der Waals surface area (Å²) in [4.78, 5) is 2.42. The van der Waals surface area contributed by atoms with Gasteiger partial charge in [-0.25, -0.2) is 4.39 Å². The number of nitrogens with zero attached hydrogens (tertiary/aromatic N) is 3. The summed E-state index contributed by atoms with van der Waals surface area (Å²) in [6, 6.07) is 24.8. The average molecular weight is 460 g/mol. The molecule has 0 bridgehead atoms. The molecule has 3 atom stereocenters. The van der Waals surface area contributed by atoms with Gasteiger partial charge in [-0.2, -0.15) is 5.26 Å². The fourth-order valence-corrected chi connectivity index (χ4v) is 6.96. The van der Waals surface area contributed by atoms with Crippen molar-refractivity contribution in [3.63, 3.8) is 0 Å². The third kappa shape index (κ3) is 2.94. The standard InChI is InChI=1S/C31H26FN3/c32-21-16-17-23-22-9-2-5-12-26(22)35(30(23)18-21)29-15-7-14-28-31(29)24-10-3-6-13-27(24)34(28)25-11-4-1-8-20(25)19-33/h1,3-4,6,8-13,16-18,28-29,31H,2,5,7,14-15H2. The molecule has 3 aromatic carbocycles. The number of para-hydroxylation sites is 2. The average Bonchev–Trinajstić information content (AvgIpc) is 3.41. The fourth-order valence-electron chi connectivity index (χ4n) is 6.96. The minimum absolute atomic E-state index is 0.183. The SMILES string of the molecule is N#Cc1ccccc1N1c2ccccc2C2C1CCCC2n1c2c(c3ccc(F)cc31)=CCCC=2. The molecule has 7 rings (SSSR count). The molecule has 1 fully saturated rings. The second-order valence-corrected chi connectivity index (χ2v) is 9.97. The topological polar surface area (TPSA) is 32.0 Å². The van der Waals surface area contributed by atoms with Crippen molar-refractivity contribution in [1.29, 1.82) is 5.26 Å². The highest BCUT2D eigenvalue weighted by Gasteiger charge is 2.46. The molecule has 1 aliphatic heterocycles. The maximum absolute atomic E-state index is 14.5. The first kappa shape index (κ1) is 20.5. The molecule has 172 valence electrons. The second-order valence-electron chi connectivity index (χ2n) is 9.97. The Morgan fingerprint density at radius 3 is 2.51 bits per heavy atom. The van der Waals surface area contributed by atoms with Crippen molar-refractivity contribution in [2.45, 2.75) is 50.1 Å². The fraction of sp³-hybridized carbons (Fsp3) is 0.258. The van der Waals surface area contributed by atoms with E-state index >= 15 is 0 Å². The molecule has 0 saturated heterocycles. The first-order valence-corrected chi connectivity index (χ1v) is 12.6. The van der Waals surface area contributed by atoms with Crippen LogP contribution in [0.2, 0.25) is 0 Å². The molecule has 1 aromatic heterocycles. The van der Waals surface area contributed by atoms with Crippen LogP contribution in [0.5, 0.6) is 0 Å². The van der Waals surface area contributed by atoms with Gasteiger partial charge in [-0.15, -0.1) is 0 Å². The van der Waals surface area contributed by atoms with E-state index in [0.717, 1.165) is 48.7 Å². The molecule has 0 amide bonds. The highest BCUT2D eigenvalue weighted by Crippen LogP contribution is 2.55. The third-order valence-electron chi connectivity index (χ3n) is 8.23. The van der Waals surface area contributed by atoms with E-state index in [0.29, 0.717) is 5.56 Å². The summed E-state index contributed by atoms with van der Waals surface area (Å²) in [5, 5.41) is 13.5. The molecule has 35 heavy (non-hydrogen) atoms. The molecule has 0 N–H and O–H groups in total. The van der Waals surface area contributed by atoms with Crippen molar-refractivity contribution in [2.24, 2.45) is 0 Å². The second kappa shape index (κ2) is 7.85. The van der Waals surface area contributed by atoms with Crippen LogP contribution in [0, 0.1) is 17.1 Å². The van der Waals surface area contributed by atoms with E-state index in [1.165, 1.54) is 21.8 Å². The van der Waals surface area contributed by atoms with Gasteiger partial charge in [-0.1, -0.05) is 42.5 Å². The van der Waals surface area contributed by atoms with Gasteiger partial charge in [0, 0.05) is 39.6 Å². The minimum atomic E-state index is -0.183. The normalized spacial score (nSPS) is 22.5. The zero-order valence-electron chi connectivity index (χ0n) is 19.5. The van der Waals surface area contributed by atoms with Crippen LogP contribution in [0.15, 0.2) is 66.7 Å². The van der Waals surface area contributed by atoms with Crippen LogP contribution in [0.25, 0.3) is 23.1 Å². The van der Waals surface area contributed by atoms with Gasteiger partial charge in [-0.05, 0) is 74.1 Å². The molecule has 2 heterocycles. The van der Waals surface area contributed by atoms with E-state index in [9.17, 15) is 9.65 Å². The number of halogens is 1. The van der Waals surface area contributed by atoms with Crippen LogP contribution in [-0.2, 0) is 0 Å². The van der Waals surface area contributed by atoms with Gasteiger partial charge in [0.2, 0.25) is 0 Å². The lowest BCUT2D eigenvalue weighted by Gasteiger charge is -2.39. The Morgan fingerprint density at radius 2 is 1.63 bits per heavy atom. The summed E-state index contributed by atoms with van der Waals surface area (Å²) in [6.07, 6.45) is 9.95. The van der Waals surface area contributed by atoms with Crippen LogP contribution in [0.4, 0.5) is 15.8 Å². The maximum Gasteiger partial charge on any atom is 0.125 e. The first-order valence-electron chi connectivity index (χ1n) is 12.6. The number of rotatable bonds is 2. The summed E-state index contributed by atoms with van der Waals surface area (Å²) in [7, 11) is 0. The quantitative estimate of drug-likeness (QED) is 0.366. The van der Waals surface area contributed by atoms with E-state index < -0.39 is 0 Å². The van der Waals surface area contributed by atoms with Crippen LogP contribution >= 0.6 is 0 Å². The van der Waals surface area contributed by atoms with Gasteiger partial charge in [0.1, 0.15) is 11.9 Å². The van der Waals surface area contributed by atoms with Gasteiger partial charge >= 0.3 is 0 Å². The lowest BCUT2D eigenvalue weighted by molar-refractivity contribution is 0.286. The van der Waals surface area contributed by atoms with E-state index in [1.54, 1.807) is 12.1 Å². The summed E-state index contributed by atoms with van der Waals surface area (Å²) in [5.74, 6) is 0.0855. The smallest absolute Gasteiger partial charge is 0.125 e. The maximum atomic E-state index is 14.5. The molecular weight excluding hydrogens is 433 g/mol. The summed E-state index contributed by atoms with van der Waals surface area (Å²) in [5.41, 5.74) is 5.23. The minimum Gasteiger partial charge on any atom is -0.337 e. The Balaban J connectivity index is 1.47. The molecular formula is C31H26FN3. The van der Waals surface area contributed by atoms with Gasteiger partial charge < -0.3 is 9.47 Å². The van der Waals surface area contributed by atoms with Crippen LogP contribution < -0.4 is 15.5 Å². The third-order valence-corrected chi connectivity index (χ3v) is 8.23. The van der Waals surface area contributed by atoms with Gasteiger partial charge in [0.25, 0.3) is 0 Å². The van der Waals surface area contributed by atoms with E-state index in [1.807, 2.05) is 24.3 Å². The van der Waals surface area contributed by atoms with E-state index in [4.69, 9.17) is 0 Å². The highest BCUT2D eigenvalue weighted by atomic mass is 19.1. The lowest BCUT2D eigenvalue weighted by Crippen LogP contribution is -2.41. The summed E-state index contributed by atoms with van der Waals surface area (Å²) >= 11 is 0. The molecule has 0 spiro atoms. The monoisotopic (exact) mass is 459 g/mol. The number of anilines is 2. The zero-order valence-corrected chi connectivity index (χ0v) is 19.5. The van der Waals surface area contributed by atoms with Crippen molar-refractivity contribution in [3.05, 3.63) is 94.2 Å². The number of benzene rings is 3. The van der Waals surface area contributed by atoms with E-state index in [2.05, 4.69) is 58.0 Å². The molecule has 3 nitrogen and oxygen atoms in total. The van der Waals surface area contributed by atoms with Gasteiger partial charge in [-0.3, -0.25) is 0 Å². The molecule has 0 radical (unpaired) electrons. The molecule has 3 unspecified atom stereocenters. The van der Waals surface area contributed by atoms with Gasteiger partial charge in [0.15, 0.2) is 0 Å². The summed E-state index contributed by atoms with van der Waals surface area (Å²) < 4.78 is 17.0. The number of nitriles is 1. The molecule has 1 saturated carbocycles. The number of fused-ring (bicyclic) bond motifs is 6. The lowest BCUT2D eigenvalue weighted by atomic mass is 9.78. The summed E-state index contributed by atoms with van der Waals surface area (Å²) in [6.45, 7) is 0. The van der Waals surface area contributed by atoms with Crippen LogP contribution in [0.1, 0.15) is 55.2 Å². The largest absolute Gasteiger partial charge is 0.337 e. The Hall–Kier alpha value is -3.84. The predicted molar refractivity (Wildman–Crippen MR) is 138 cm³/mol. The van der Waals surface area contributed by atoms with Gasteiger partial charge in [0.05, 0.1) is 16.8 Å². The Labute approximate surface area is 204 Å². The Morgan fingerprint density at radius 1 is 0.857 bits per heavy atom. The van der Waals surface area contributed by atoms with Crippen molar-refractivity contribution in [1.82, 2.24) is 4.57 Å².